The molecule has 26 heavy (non-hydrogen) atoms. The lowest BCUT2D eigenvalue weighted by Gasteiger charge is -2.34. The molecule has 2 N–H and O–H groups in total. The van der Waals surface area contributed by atoms with E-state index in [1.807, 2.05) is 6.07 Å². The fourth-order valence-electron chi connectivity index (χ4n) is 3.94. The molecule has 0 spiro atoms. The molecule has 0 aliphatic carbocycles. The Hall–Kier alpha value is -2.21. The number of H-pyrrole nitrogens is 1. The van der Waals surface area contributed by atoms with Crippen LogP contribution in [0.15, 0.2) is 18.2 Å². The Morgan fingerprint density at radius 3 is 2.77 bits per heavy atom. The van der Waals surface area contributed by atoms with Gasteiger partial charge < -0.3 is 19.7 Å². The minimum absolute atomic E-state index is 0.336. The summed E-state index contributed by atoms with van der Waals surface area (Å²) in [6.45, 7) is 7.75. The van der Waals surface area contributed by atoms with E-state index in [9.17, 15) is 0 Å². The van der Waals surface area contributed by atoms with E-state index in [-0.39, 0.29) is 0 Å². The van der Waals surface area contributed by atoms with E-state index < -0.39 is 0 Å². The molecule has 0 saturated carbocycles. The largest absolute Gasteiger partial charge is 0.454 e. The molecule has 0 radical (unpaired) electrons. The zero-order chi connectivity index (χ0) is 17.9. The predicted octanol–water partition coefficient (Wildman–Crippen LogP) is 2.95. The average Bonchev–Trinajstić information content (AvgIpc) is 3.26. The number of piperidine rings is 1. The van der Waals surface area contributed by atoms with Gasteiger partial charge in [-0.25, -0.2) is 0 Å². The van der Waals surface area contributed by atoms with Gasteiger partial charge in [-0.1, -0.05) is 0 Å². The molecule has 6 nitrogen and oxygen atoms in total. The summed E-state index contributed by atoms with van der Waals surface area (Å²) in [6.07, 6.45) is 4.61. The smallest absolute Gasteiger partial charge is 0.231 e. The van der Waals surface area contributed by atoms with Gasteiger partial charge in [0.05, 0.1) is 5.69 Å². The summed E-state index contributed by atoms with van der Waals surface area (Å²) in [7, 11) is 0. The highest BCUT2D eigenvalue weighted by Gasteiger charge is 2.21. The Bertz CT molecular complexity index is 731. The molecule has 140 valence electrons. The van der Waals surface area contributed by atoms with Crippen molar-refractivity contribution in [2.24, 2.45) is 0 Å². The minimum atomic E-state index is 0.336. The Morgan fingerprint density at radius 1 is 1.19 bits per heavy atom. The zero-order valence-corrected chi connectivity index (χ0v) is 15.7. The summed E-state index contributed by atoms with van der Waals surface area (Å²) < 4.78 is 10.9. The third-order valence-electron chi connectivity index (χ3n) is 5.53. The number of nitrogens with one attached hydrogen (secondary N) is 2. The van der Waals surface area contributed by atoms with Crippen molar-refractivity contribution in [1.29, 1.82) is 0 Å². The lowest BCUT2D eigenvalue weighted by Crippen LogP contribution is -2.42. The van der Waals surface area contributed by atoms with Crippen molar-refractivity contribution < 1.29 is 9.47 Å². The van der Waals surface area contributed by atoms with Crippen LogP contribution in [0.4, 0.5) is 5.69 Å². The Balaban J connectivity index is 1.20. The van der Waals surface area contributed by atoms with Gasteiger partial charge in [0.25, 0.3) is 0 Å². The first-order valence-electron chi connectivity index (χ1n) is 9.59. The van der Waals surface area contributed by atoms with Gasteiger partial charge in [-0.3, -0.25) is 5.10 Å². The van der Waals surface area contributed by atoms with Gasteiger partial charge >= 0.3 is 0 Å². The lowest BCUT2D eigenvalue weighted by molar-refractivity contribution is 0.174. The molecule has 1 aromatic heterocycles. The van der Waals surface area contributed by atoms with E-state index in [0.29, 0.717) is 12.8 Å². The maximum absolute atomic E-state index is 5.50. The van der Waals surface area contributed by atoms with Crippen LogP contribution in [0.25, 0.3) is 0 Å². The second-order valence-corrected chi connectivity index (χ2v) is 7.27. The number of benzene rings is 1. The van der Waals surface area contributed by atoms with Crippen LogP contribution in [-0.4, -0.2) is 42.7 Å². The van der Waals surface area contributed by atoms with E-state index in [2.05, 4.69) is 46.4 Å². The summed E-state index contributed by atoms with van der Waals surface area (Å²) >= 11 is 0. The van der Waals surface area contributed by atoms with E-state index in [4.69, 9.17) is 9.47 Å². The van der Waals surface area contributed by atoms with Gasteiger partial charge in [-0.05, 0) is 63.8 Å². The van der Waals surface area contributed by atoms with Crippen LogP contribution in [0, 0.1) is 13.8 Å². The molecule has 0 unspecified atom stereocenters. The number of fused-ring (bicyclic) bond motifs is 1. The van der Waals surface area contributed by atoms with E-state index >= 15 is 0 Å². The minimum Gasteiger partial charge on any atom is -0.454 e. The quantitative estimate of drug-likeness (QED) is 0.779. The third kappa shape index (κ3) is 3.65. The highest BCUT2D eigenvalue weighted by molar-refractivity contribution is 5.57. The van der Waals surface area contributed by atoms with Crippen molar-refractivity contribution in [2.75, 3.05) is 31.3 Å². The average molecular weight is 356 g/mol. The standard InChI is InChI=1S/C20H28N4O2/c1-14-18(15(2)23-22-14)4-3-9-21-16-7-10-24(11-8-16)17-5-6-19-20(12-17)26-13-25-19/h5-6,12,16,21H,3-4,7-11,13H2,1-2H3,(H,22,23). The number of aromatic nitrogens is 2. The van der Waals surface area contributed by atoms with Crippen molar-refractivity contribution in [2.45, 2.75) is 45.6 Å². The zero-order valence-electron chi connectivity index (χ0n) is 15.7. The van der Waals surface area contributed by atoms with Crippen molar-refractivity contribution >= 4 is 5.69 Å². The molecule has 0 atom stereocenters. The third-order valence-corrected chi connectivity index (χ3v) is 5.53. The predicted molar refractivity (Wildman–Crippen MR) is 102 cm³/mol. The van der Waals surface area contributed by atoms with Crippen LogP contribution in [0.2, 0.25) is 0 Å². The van der Waals surface area contributed by atoms with E-state index in [0.717, 1.165) is 49.7 Å². The van der Waals surface area contributed by atoms with Crippen LogP contribution in [0.5, 0.6) is 11.5 Å². The van der Waals surface area contributed by atoms with Crippen molar-refractivity contribution in [3.63, 3.8) is 0 Å². The second-order valence-electron chi connectivity index (χ2n) is 7.27. The van der Waals surface area contributed by atoms with E-state index in [1.54, 1.807) is 0 Å². The Labute approximate surface area is 154 Å². The molecule has 0 amide bonds. The molecular weight excluding hydrogens is 328 g/mol. The SMILES string of the molecule is Cc1n[nH]c(C)c1CCCNC1CCN(c2ccc3c(c2)OCO3)CC1. The van der Waals surface area contributed by atoms with Crippen LogP contribution in [-0.2, 0) is 6.42 Å². The molecule has 2 aliphatic rings. The first-order valence-corrected chi connectivity index (χ1v) is 9.59. The molecule has 1 saturated heterocycles. The van der Waals surface area contributed by atoms with Gasteiger partial charge in [0.1, 0.15) is 0 Å². The summed E-state index contributed by atoms with van der Waals surface area (Å²) in [5.74, 6) is 1.72. The Kier molecular flexibility index (Phi) is 5.02. The number of anilines is 1. The normalized spacial score (nSPS) is 17.1. The van der Waals surface area contributed by atoms with Gasteiger partial charge in [-0.15, -0.1) is 0 Å². The molecule has 2 aromatic rings. The summed E-state index contributed by atoms with van der Waals surface area (Å²) in [4.78, 5) is 2.44. The highest BCUT2D eigenvalue weighted by Crippen LogP contribution is 2.36. The molecular formula is C20H28N4O2. The number of aromatic amines is 1. The molecule has 1 aromatic carbocycles. The number of hydrogen-bond acceptors (Lipinski definition) is 5. The highest BCUT2D eigenvalue weighted by atomic mass is 16.7. The first-order chi connectivity index (χ1) is 12.7. The summed E-state index contributed by atoms with van der Waals surface area (Å²) in [5.41, 5.74) is 4.96. The van der Waals surface area contributed by atoms with Crippen molar-refractivity contribution in [1.82, 2.24) is 15.5 Å². The number of ether oxygens (including phenoxy) is 2. The van der Waals surface area contributed by atoms with E-state index in [1.165, 1.54) is 29.8 Å². The van der Waals surface area contributed by atoms with Gasteiger partial charge in [-0.2, -0.15) is 5.10 Å². The van der Waals surface area contributed by atoms with Gasteiger partial charge in [0.2, 0.25) is 6.79 Å². The fourth-order valence-corrected chi connectivity index (χ4v) is 3.94. The second kappa shape index (κ2) is 7.58. The summed E-state index contributed by atoms with van der Waals surface area (Å²) in [6, 6.07) is 6.87. The van der Waals surface area contributed by atoms with Crippen molar-refractivity contribution in [3.8, 4) is 11.5 Å². The Morgan fingerprint density at radius 2 is 2.00 bits per heavy atom. The molecule has 6 heteroatoms. The molecule has 3 heterocycles. The topological polar surface area (TPSA) is 62.4 Å². The first kappa shape index (κ1) is 17.2. The fraction of sp³-hybridized carbons (Fsp3) is 0.550. The van der Waals surface area contributed by atoms with Crippen molar-refractivity contribution in [3.05, 3.63) is 35.2 Å². The van der Waals surface area contributed by atoms with Crippen LogP contribution >= 0.6 is 0 Å². The number of hydrogen-bond donors (Lipinski definition) is 2. The number of aryl methyl sites for hydroxylation is 2. The van der Waals surface area contributed by atoms with Crippen LogP contribution < -0.4 is 19.7 Å². The van der Waals surface area contributed by atoms with Crippen LogP contribution in [0.3, 0.4) is 0 Å². The molecule has 1 fully saturated rings. The monoisotopic (exact) mass is 356 g/mol. The maximum Gasteiger partial charge on any atom is 0.231 e. The number of nitrogens with zero attached hydrogens (tertiary/aromatic N) is 2. The molecule has 2 aliphatic heterocycles. The number of rotatable bonds is 6. The van der Waals surface area contributed by atoms with Crippen LogP contribution in [0.1, 0.15) is 36.2 Å². The molecule has 0 bridgehead atoms. The summed E-state index contributed by atoms with van der Waals surface area (Å²) in [5, 5.41) is 11.1. The lowest BCUT2D eigenvalue weighted by atomic mass is 10.0. The van der Waals surface area contributed by atoms with Gasteiger partial charge in [0.15, 0.2) is 11.5 Å². The maximum atomic E-state index is 5.50. The molecule has 4 rings (SSSR count). The van der Waals surface area contributed by atoms with Gasteiger partial charge in [0, 0.05) is 36.6 Å².